The summed E-state index contributed by atoms with van der Waals surface area (Å²) in [5.74, 6) is 1.60. The molecule has 0 aliphatic heterocycles. The van der Waals surface area contributed by atoms with Gasteiger partial charge in [0.25, 0.3) is 0 Å². The summed E-state index contributed by atoms with van der Waals surface area (Å²) in [5.41, 5.74) is 4.93. The molecular weight excluding hydrogens is 554 g/mol. The Bertz CT molecular complexity index is 2270. The number of nitrogens with zero attached hydrogens (tertiary/aromatic N) is 5. The molecule has 8 heteroatoms. The predicted molar refractivity (Wildman–Crippen MR) is 173 cm³/mol. The van der Waals surface area contributed by atoms with Crippen LogP contribution in [0, 0.1) is 10.1 Å². The quantitative estimate of drug-likeness (QED) is 0.151. The van der Waals surface area contributed by atoms with Gasteiger partial charge in [-0.25, -0.2) is 4.98 Å². The van der Waals surface area contributed by atoms with Gasteiger partial charge in [-0.3, -0.25) is 14.7 Å². The summed E-state index contributed by atoms with van der Waals surface area (Å²) in [6.45, 7) is 0. The second-order valence-corrected chi connectivity index (χ2v) is 11.2. The Balaban J connectivity index is 1.44. The lowest BCUT2D eigenvalue weighted by Crippen LogP contribution is -2.06. The van der Waals surface area contributed by atoms with E-state index in [1.165, 1.54) is 11.3 Å². The van der Waals surface area contributed by atoms with Crippen LogP contribution in [0.2, 0.25) is 0 Å². The molecule has 0 unspecified atom stereocenters. The number of rotatable bonds is 5. The van der Waals surface area contributed by atoms with Gasteiger partial charge in [0.15, 0.2) is 11.6 Å². The molecule has 0 atom stereocenters. The highest BCUT2D eigenvalue weighted by atomic mass is 32.1. The SMILES string of the molecule is O=[N+]([O-])c1sc2ccccc2c1-c1ccc2c3ccccc3n(-c3nc(-c4ccccc4)nc(-c4ccccc4)n3)c2c1. The molecule has 8 aromatic rings. The van der Waals surface area contributed by atoms with Crippen LogP contribution in [0.5, 0.6) is 0 Å². The van der Waals surface area contributed by atoms with Gasteiger partial charge in [-0.1, -0.05) is 121 Å². The van der Waals surface area contributed by atoms with Gasteiger partial charge in [-0.2, -0.15) is 9.97 Å². The zero-order valence-electron chi connectivity index (χ0n) is 22.6. The highest BCUT2D eigenvalue weighted by Crippen LogP contribution is 2.45. The summed E-state index contributed by atoms with van der Waals surface area (Å²) in [4.78, 5) is 26.7. The van der Waals surface area contributed by atoms with E-state index in [0.29, 0.717) is 23.2 Å². The maximum absolute atomic E-state index is 12.2. The van der Waals surface area contributed by atoms with E-state index in [2.05, 4.69) is 6.07 Å². The first-order valence-electron chi connectivity index (χ1n) is 13.7. The van der Waals surface area contributed by atoms with Crippen molar-refractivity contribution in [3.63, 3.8) is 0 Å². The van der Waals surface area contributed by atoms with Crippen molar-refractivity contribution in [2.75, 3.05) is 0 Å². The molecule has 3 heterocycles. The topological polar surface area (TPSA) is 86.7 Å². The maximum Gasteiger partial charge on any atom is 0.333 e. The highest BCUT2D eigenvalue weighted by Gasteiger charge is 2.24. The van der Waals surface area contributed by atoms with Crippen LogP contribution in [0.15, 0.2) is 127 Å². The fourth-order valence-corrected chi connectivity index (χ4v) is 6.72. The number of para-hydroxylation sites is 1. The molecule has 43 heavy (non-hydrogen) atoms. The normalized spacial score (nSPS) is 11.4. The second kappa shape index (κ2) is 9.97. The molecule has 204 valence electrons. The van der Waals surface area contributed by atoms with E-state index in [1.807, 2.05) is 126 Å². The van der Waals surface area contributed by atoms with Gasteiger partial charge in [-0.15, -0.1) is 0 Å². The molecule has 0 N–H and O–H groups in total. The van der Waals surface area contributed by atoms with Crippen LogP contribution in [-0.2, 0) is 0 Å². The van der Waals surface area contributed by atoms with Crippen molar-refractivity contribution >= 4 is 48.2 Å². The number of hydrogen-bond acceptors (Lipinski definition) is 6. The number of fused-ring (bicyclic) bond motifs is 4. The largest absolute Gasteiger partial charge is 0.333 e. The Morgan fingerprint density at radius 3 is 1.84 bits per heavy atom. The fourth-order valence-electron chi connectivity index (χ4n) is 5.68. The zero-order valence-corrected chi connectivity index (χ0v) is 23.4. The third kappa shape index (κ3) is 4.15. The van der Waals surface area contributed by atoms with Crippen LogP contribution in [0.4, 0.5) is 5.00 Å². The Hall–Kier alpha value is -5.73. The van der Waals surface area contributed by atoms with E-state index < -0.39 is 0 Å². The van der Waals surface area contributed by atoms with Crippen LogP contribution in [0.1, 0.15) is 0 Å². The lowest BCUT2D eigenvalue weighted by Gasteiger charge is -2.11. The molecule has 0 saturated carbocycles. The van der Waals surface area contributed by atoms with Crippen molar-refractivity contribution in [1.82, 2.24) is 19.5 Å². The molecule has 0 saturated heterocycles. The number of benzene rings is 5. The monoisotopic (exact) mass is 575 g/mol. The van der Waals surface area contributed by atoms with E-state index in [1.54, 1.807) is 0 Å². The number of thiophene rings is 1. The first-order chi connectivity index (χ1) is 21.2. The van der Waals surface area contributed by atoms with Crippen LogP contribution in [0.25, 0.3) is 71.7 Å². The van der Waals surface area contributed by atoms with Crippen LogP contribution >= 0.6 is 11.3 Å². The van der Waals surface area contributed by atoms with E-state index in [-0.39, 0.29) is 9.92 Å². The number of hydrogen-bond donors (Lipinski definition) is 0. The Labute approximate surface area is 249 Å². The summed E-state index contributed by atoms with van der Waals surface area (Å²) in [5, 5.41) is 15.2. The van der Waals surface area contributed by atoms with Crippen molar-refractivity contribution in [3.8, 4) is 39.9 Å². The van der Waals surface area contributed by atoms with Gasteiger partial charge >= 0.3 is 5.00 Å². The average molecular weight is 576 g/mol. The molecular formula is C35H21N5O2S. The molecule has 8 rings (SSSR count). The maximum atomic E-state index is 12.2. The molecule has 0 aliphatic carbocycles. The fraction of sp³-hybridized carbons (Fsp3) is 0. The summed E-state index contributed by atoms with van der Waals surface area (Å²) >= 11 is 1.20. The third-order valence-electron chi connectivity index (χ3n) is 7.59. The average Bonchev–Trinajstić information content (AvgIpc) is 3.61. The number of aromatic nitrogens is 4. The summed E-state index contributed by atoms with van der Waals surface area (Å²) in [6.07, 6.45) is 0. The Kier molecular flexibility index (Phi) is 5.80. The summed E-state index contributed by atoms with van der Waals surface area (Å²) in [7, 11) is 0. The van der Waals surface area contributed by atoms with Crippen LogP contribution in [0.3, 0.4) is 0 Å². The molecule has 0 amide bonds. The molecule has 7 nitrogen and oxygen atoms in total. The summed E-state index contributed by atoms with van der Waals surface area (Å²) < 4.78 is 2.91. The van der Waals surface area contributed by atoms with E-state index in [0.717, 1.165) is 48.6 Å². The number of nitro groups is 1. The van der Waals surface area contributed by atoms with Crippen molar-refractivity contribution in [3.05, 3.63) is 138 Å². The van der Waals surface area contributed by atoms with Gasteiger partial charge in [0.1, 0.15) is 0 Å². The minimum atomic E-state index is -0.288. The van der Waals surface area contributed by atoms with Crippen molar-refractivity contribution in [2.45, 2.75) is 0 Å². The molecule has 0 bridgehead atoms. The molecule has 3 aromatic heterocycles. The van der Waals surface area contributed by atoms with Gasteiger partial charge in [0.05, 0.1) is 21.5 Å². The standard InChI is InChI=1S/C35H21N5O2S/c41-40(42)34-31(27-16-8-10-18-30(27)43-34)24-19-20-26-25-15-7-9-17-28(25)39(29(26)21-24)35-37-32(22-11-3-1-4-12-22)36-33(38-35)23-13-5-2-6-14-23/h1-21H. The van der Waals surface area contributed by atoms with Crippen molar-refractivity contribution in [1.29, 1.82) is 0 Å². The smallest absolute Gasteiger partial charge is 0.278 e. The van der Waals surface area contributed by atoms with Gasteiger partial charge in [0, 0.05) is 32.0 Å². The molecule has 0 radical (unpaired) electrons. The third-order valence-corrected chi connectivity index (χ3v) is 8.72. The first kappa shape index (κ1) is 25.0. The van der Waals surface area contributed by atoms with E-state index in [4.69, 9.17) is 15.0 Å². The minimum Gasteiger partial charge on any atom is -0.278 e. The van der Waals surface area contributed by atoms with Crippen molar-refractivity contribution in [2.24, 2.45) is 0 Å². The highest BCUT2D eigenvalue weighted by molar-refractivity contribution is 7.22. The van der Waals surface area contributed by atoms with Gasteiger partial charge in [-0.05, 0) is 23.8 Å². The Morgan fingerprint density at radius 1 is 0.581 bits per heavy atom. The van der Waals surface area contributed by atoms with Gasteiger partial charge < -0.3 is 0 Å². The van der Waals surface area contributed by atoms with Gasteiger partial charge in [0.2, 0.25) is 5.95 Å². The molecule has 0 fully saturated rings. The van der Waals surface area contributed by atoms with Crippen molar-refractivity contribution < 1.29 is 4.92 Å². The predicted octanol–water partition coefficient (Wildman–Crippen LogP) is 9.09. The van der Waals surface area contributed by atoms with Crippen LogP contribution < -0.4 is 0 Å². The van der Waals surface area contributed by atoms with Crippen LogP contribution in [-0.4, -0.2) is 24.4 Å². The van der Waals surface area contributed by atoms with E-state index in [9.17, 15) is 10.1 Å². The van der Waals surface area contributed by atoms with E-state index >= 15 is 0 Å². The first-order valence-corrected chi connectivity index (χ1v) is 14.5. The molecule has 0 spiro atoms. The second-order valence-electron chi connectivity index (χ2n) is 10.1. The lowest BCUT2D eigenvalue weighted by molar-refractivity contribution is -0.379. The zero-order chi connectivity index (χ0) is 28.9. The molecule has 5 aromatic carbocycles. The lowest BCUT2D eigenvalue weighted by atomic mass is 10.0. The summed E-state index contributed by atoms with van der Waals surface area (Å²) in [6, 6.07) is 41.6. The molecule has 0 aliphatic rings. The Morgan fingerprint density at radius 2 is 1.16 bits per heavy atom. The minimum absolute atomic E-state index is 0.126.